The van der Waals surface area contributed by atoms with E-state index in [1.54, 1.807) is 12.1 Å². The van der Waals surface area contributed by atoms with E-state index in [2.05, 4.69) is 19.6 Å². The van der Waals surface area contributed by atoms with E-state index in [1.807, 2.05) is 6.08 Å². The van der Waals surface area contributed by atoms with Crippen molar-refractivity contribution in [2.75, 3.05) is 0 Å². The van der Waals surface area contributed by atoms with Crippen molar-refractivity contribution in [1.82, 2.24) is 0 Å². The number of hydrogen-bond acceptors (Lipinski definition) is 0. The smallest absolute Gasteiger partial charge is 0.166 e. The second-order valence-electron chi connectivity index (χ2n) is 6.24. The third-order valence-corrected chi connectivity index (χ3v) is 4.61. The average molecular weight is 304 g/mol. The Morgan fingerprint density at radius 3 is 2.73 bits per heavy atom. The summed E-state index contributed by atoms with van der Waals surface area (Å²) in [4.78, 5) is 0. The Balaban J connectivity index is 2.11. The van der Waals surface area contributed by atoms with Gasteiger partial charge in [-0.3, -0.25) is 0 Å². The monoisotopic (exact) mass is 304 g/mol. The Labute approximate surface area is 132 Å². The van der Waals surface area contributed by atoms with Crippen LogP contribution in [0.5, 0.6) is 0 Å². The molecule has 0 fully saturated rings. The molecule has 0 heterocycles. The van der Waals surface area contributed by atoms with Crippen LogP contribution < -0.4 is 0 Å². The minimum atomic E-state index is -0.663. The van der Waals surface area contributed by atoms with E-state index >= 15 is 0 Å². The Bertz CT molecular complexity index is 543. The highest BCUT2D eigenvalue weighted by molar-refractivity contribution is 5.67. The average Bonchev–Trinajstić information content (AvgIpc) is 2.55. The van der Waals surface area contributed by atoms with Gasteiger partial charge in [-0.25, -0.2) is 8.78 Å². The zero-order chi connectivity index (χ0) is 15.9. The van der Waals surface area contributed by atoms with E-state index in [0.29, 0.717) is 23.5 Å². The number of benzene rings is 1. The van der Waals surface area contributed by atoms with Crippen LogP contribution in [0, 0.1) is 17.6 Å². The number of aryl methyl sites for hydroxylation is 1. The van der Waals surface area contributed by atoms with Gasteiger partial charge in [-0.1, -0.05) is 37.6 Å². The van der Waals surface area contributed by atoms with E-state index < -0.39 is 11.6 Å². The van der Waals surface area contributed by atoms with Gasteiger partial charge >= 0.3 is 0 Å². The topological polar surface area (TPSA) is 0 Å². The van der Waals surface area contributed by atoms with Crippen LogP contribution in [0.15, 0.2) is 30.9 Å². The van der Waals surface area contributed by atoms with Crippen LogP contribution in [0.25, 0.3) is 5.57 Å². The maximum Gasteiger partial charge on any atom is 0.166 e. The normalized spacial score (nSPS) is 18.1. The zero-order valence-electron chi connectivity index (χ0n) is 13.5. The molecule has 0 saturated heterocycles. The van der Waals surface area contributed by atoms with Crippen molar-refractivity contribution in [3.05, 3.63) is 53.6 Å². The molecule has 0 bridgehead atoms. The molecule has 1 aliphatic carbocycles. The number of unbranched alkanes of at least 4 members (excludes halogenated alkanes) is 1. The molecule has 0 N–H and O–H groups in total. The molecule has 0 radical (unpaired) electrons. The summed E-state index contributed by atoms with van der Waals surface area (Å²) >= 11 is 0. The van der Waals surface area contributed by atoms with Crippen LogP contribution in [0.2, 0.25) is 0 Å². The first-order chi connectivity index (χ1) is 10.7. The molecule has 1 aromatic rings. The van der Waals surface area contributed by atoms with Gasteiger partial charge in [0.1, 0.15) is 0 Å². The van der Waals surface area contributed by atoms with Crippen molar-refractivity contribution in [1.29, 1.82) is 0 Å². The van der Waals surface area contributed by atoms with Gasteiger partial charge < -0.3 is 0 Å². The molecule has 120 valence electrons. The Morgan fingerprint density at radius 2 is 2.09 bits per heavy atom. The molecule has 1 atom stereocenters. The van der Waals surface area contributed by atoms with Crippen LogP contribution in [0.3, 0.4) is 0 Å². The molecular weight excluding hydrogens is 278 g/mol. The second kappa shape index (κ2) is 8.26. The summed E-state index contributed by atoms with van der Waals surface area (Å²) in [6.07, 6.45) is 11.6. The lowest BCUT2D eigenvalue weighted by Crippen LogP contribution is -2.07. The summed E-state index contributed by atoms with van der Waals surface area (Å²) in [5.74, 6) is -0.663. The first-order valence-electron chi connectivity index (χ1n) is 8.44. The minimum Gasteiger partial charge on any atom is -0.203 e. The molecule has 0 aliphatic heterocycles. The molecule has 0 amide bonds. The summed E-state index contributed by atoms with van der Waals surface area (Å²) in [6, 6.07) is 3.52. The third-order valence-electron chi connectivity index (χ3n) is 4.61. The van der Waals surface area contributed by atoms with Crippen molar-refractivity contribution in [3.8, 4) is 0 Å². The summed E-state index contributed by atoms with van der Waals surface area (Å²) in [5, 5.41) is 0. The summed E-state index contributed by atoms with van der Waals surface area (Å²) in [6.45, 7) is 5.81. The third kappa shape index (κ3) is 4.06. The second-order valence-corrected chi connectivity index (χ2v) is 6.24. The molecule has 1 aliphatic rings. The molecule has 0 nitrogen and oxygen atoms in total. The van der Waals surface area contributed by atoms with Gasteiger partial charge in [0.15, 0.2) is 11.6 Å². The molecule has 1 aromatic carbocycles. The summed E-state index contributed by atoms with van der Waals surface area (Å²) < 4.78 is 28.5. The lowest BCUT2D eigenvalue weighted by molar-refractivity contribution is 0.452. The maximum atomic E-state index is 14.3. The van der Waals surface area contributed by atoms with Crippen LogP contribution in [0.1, 0.15) is 63.0 Å². The highest BCUT2D eigenvalue weighted by Crippen LogP contribution is 2.34. The van der Waals surface area contributed by atoms with Crippen molar-refractivity contribution < 1.29 is 8.78 Å². The maximum absolute atomic E-state index is 14.3. The number of hydrogen-bond donors (Lipinski definition) is 0. The minimum absolute atomic E-state index is 0.458. The zero-order valence-corrected chi connectivity index (χ0v) is 13.5. The predicted molar refractivity (Wildman–Crippen MR) is 89.7 cm³/mol. The summed E-state index contributed by atoms with van der Waals surface area (Å²) in [7, 11) is 0. The lowest BCUT2D eigenvalue weighted by atomic mass is 9.84. The van der Waals surface area contributed by atoms with E-state index in [-0.39, 0.29) is 0 Å². The largest absolute Gasteiger partial charge is 0.203 e. The quantitative estimate of drug-likeness (QED) is 0.507. The first-order valence-corrected chi connectivity index (χ1v) is 8.44. The number of halogens is 2. The fourth-order valence-corrected chi connectivity index (χ4v) is 3.15. The van der Waals surface area contributed by atoms with E-state index in [0.717, 1.165) is 50.5 Å². The molecular formula is C20H26F2. The molecule has 0 aromatic heterocycles. The number of allylic oxidation sites excluding steroid dienone is 3. The van der Waals surface area contributed by atoms with Gasteiger partial charge in [-0.2, -0.15) is 0 Å². The fourth-order valence-electron chi connectivity index (χ4n) is 3.15. The van der Waals surface area contributed by atoms with Crippen LogP contribution in [-0.2, 0) is 6.42 Å². The highest BCUT2D eigenvalue weighted by Gasteiger charge is 2.20. The Kier molecular flexibility index (Phi) is 6.35. The van der Waals surface area contributed by atoms with Crippen LogP contribution in [-0.4, -0.2) is 0 Å². The van der Waals surface area contributed by atoms with Crippen molar-refractivity contribution in [2.45, 2.75) is 58.3 Å². The Hall–Kier alpha value is -1.44. The van der Waals surface area contributed by atoms with E-state index in [9.17, 15) is 8.78 Å². The van der Waals surface area contributed by atoms with Gasteiger partial charge in [-0.05, 0) is 62.0 Å². The summed E-state index contributed by atoms with van der Waals surface area (Å²) in [5.41, 5.74) is 1.93. The van der Waals surface area contributed by atoms with Gasteiger partial charge in [0, 0.05) is 5.56 Å². The SMILES string of the molecule is C=CCCC1CC=C(c2ccc(CCCC)c(F)c2F)CC1. The highest BCUT2D eigenvalue weighted by atomic mass is 19.2. The van der Waals surface area contributed by atoms with Gasteiger partial charge in [0.2, 0.25) is 0 Å². The predicted octanol–water partition coefficient (Wildman–Crippen LogP) is 6.46. The molecule has 0 spiro atoms. The van der Waals surface area contributed by atoms with Crippen molar-refractivity contribution >= 4 is 5.57 Å². The van der Waals surface area contributed by atoms with Crippen LogP contribution in [0.4, 0.5) is 8.78 Å². The van der Waals surface area contributed by atoms with Crippen molar-refractivity contribution in [3.63, 3.8) is 0 Å². The molecule has 1 unspecified atom stereocenters. The lowest BCUT2D eigenvalue weighted by Gasteiger charge is -2.22. The van der Waals surface area contributed by atoms with E-state index in [1.165, 1.54) is 0 Å². The van der Waals surface area contributed by atoms with E-state index in [4.69, 9.17) is 0 Å². The first kappa shape index (κ1) is 16.9. The fraction of sp³-hybridized carbons (Fsp3) is 0.500. The van der Waals surface area contributed by atoms with Gasteiger partial charge in [-0.15, -0.1) is 6.58 Å². The molecule has 22 heavy (non-hydrogen) atoms. The molecule has 2 rings (SSSR count). The van der Waals surface area contributed by atoms with Crippen molar-refractivity contribution in [2.24, 2.45) is 5.92 Å². The number of rotatable bonds is 7. The molecule has 2 heteroatoms. The standard InChI is InChI=1S/C20H26F2/c1-3-5-7-15-9-11-16(12-10-15)18-14-13-17(8-6-4-2)19(21)20(18)22/h3,11,13-15H,1,4-10,12H2,2H3. The van der Waals surface area contributed by atoms with Gasteiger partial charge in [0.05, 0.1) is 0 Å². The van der Waals surface area contributed by atoms with Crippen LogP contribution >= 0.6 is 0 Å². The van der Waals surface area contributed by atoms with Gasteiger partial charge in [0.25, 0.3) is 0 Å². The molecule has 0 saturated carbocycles. The Morgan fingerprint density at radius 1 is 1.27 bits per heavy atom.